The summed E-state index contributed by atoms with van der Waals surface area (Å²) in [5.41, 5.74) is 0. The van der Waals surface area contributed by atoms with Crippen molar-refractivity contribution in [3.05, 3.63) is 22.8 Å². The van der Waals surface area contributed by atoms with Gasteiger partial charge in [-0.3, -0.25) is 9.59 Å². The summed E-state index contributed by atoms with van der Waals surface area (Å²) in [4.78, 5) is 28.3. The Morgan fingerprint density at radius 1 is 1.27 bits per heavy atom. The molecular formula is C10H9BrN2O2. The van der Waals surface area contributed by atoms with Gasteiger partial charge in [-0.2, -0.15) is 0 Å². The maximum atomic E-state index is 11.6. The van der Waals surface area contributed by atoms with Crippen molar-refractivity contribution in [1.82, 2.24) is 4.98 Å². The van der Waals surface area contributed by atoms with Gasteiger partial charge in [0.2, 0.25) is 11.8 Å². The number of amides is 2. The molecule has 1 aliphatic rings. The van der Waals surface area contributed by atoms with Crippen LogP contribution in [-0.2, 0) is 9.59 Å². The summed E-state index contributed by atoms with van der Waals surface area (Å²) in [5.74, 6) is 0.0628. The van der Waals surface area contributed by atoms with Gasteiger partial charge in [-0.1, -0.05) is 15.9 Å². The molecule has 0 aromatic carbocycles. The summed E-state index contributed by atoms with van der Waals surface area (Å²) >= 11 is 3.28. The number of imide groups is 1. The number of hydrogen-bond donors (Lipinski definition) is 0. The normalized spacial score (nSPS) is 17.0. The Morgan fingerprint density at radius 3 is 2.53 bits per heavy atom. The number of carbonyl (C=O) groups is 2. The topological polar surface area (TPSA) is 50.3 Å². The molecule has 1 aliphatic heterocycles. The molecule has 0 spiro atoms. The minimum absolute atomic E-state index is 0.170. The quantitative estimate of drug-likeness (QED) is 0.731. The predicted molar refractivity (Wildman–Crippen MR) is 58.3 cm³/mol. The van der Waals surface area contributed by atoms with Crippen LogP contribution in [0.1, 0.15) is 19.3 Å². The van der Waals surface area contributed by atoms with Gasteiger partial charge in [0.1, 0.15) is 5.82 Å². The lowest BCUT2D eigenvalue weighted by Crippen LogP contribution is -2.40. The van der Waals surface area contributed by atoms with Crippen LogP contribution in [-0.4, -0.2) is 16.8 Å². The van der Waals surface area contributed by atoms with Gasteiger partial charge in [-0.15, -0.1) is 0 Å². The zero-order valence-corrected chi connectivity index (χ0v) is 9.53. The van der Waals surface area contributed by atoms with Crippen molar-refractivity contribution in [2.45, 2.75) is 19.3 Å². The molecule has 0 bridgehead atoms. The van der Waals surface area contributed by atoms with E-state index in [1.807, 2.05) is 0 Å². The highest BCUT2D eigenvalue weighted by Gasteiger charge is 2.28. The van der Waals surface area contributed by atoms with E-state index < -0.39 is 0 Å². The second kappa shape index (κ2) is 4.10. The van der Waals surface area contributed by atoms with Gasteiger partial charge in [-0.25, -0.2) is 9.88 Å². The third-order valence-electron chi connectivity index (χ3n) is 2.22. The van der Waals surface area contributed by atoms with Crippen LogP contribution in [0.2, 0.25) is 0 Å². The Hall–Kier alpha value is -1.23. The first-order valence-corrected chi connectivity index (χ1v) is 5.45. The van der Waals surface area contributed by atoms with Crippen molar-refractivity contribution in [3.63, 3.8) is 0 Å². The number of hydrogen-bond acceptors (Lipinski definition) is 3. The Bertz CT molecular complexity index is 404. The van der Waals surface area contributed by atoms with E-state index >= 15 is 0 Å². The van der Waals surface area contributed by atoms with Gasteiger partial charge >= 0.3 is 0 Å². The van der Waals surface area contributed by atoms with Gasteiger partial charge in [-0.05, 0) is 18.6 Å². The first kappa shape index (κ1) is 10.3. The van der Waals surface area contributed by atoms with E-state index in [0.717, 1.165) is 9.37 Å². The second-order valence-corrected chi connectivity index (χ2v) is 4.22. The van der Waals surface area contributed by atoms with E-state index in [1.54, 1.807) is 18.3 Å². The van der Waals surface area contributed by atoms with E-state index in [9.17, 15) is 9.59 Å². The lowest BCUT2D eigenvalue weighted by Gasteiger charge is -2.23. The van der Waals surface area contributed by atoms with E-state index in [2.05, 4.69) is 20.9 Å². The zero-order chi connectivity index (χ0) is 10.8. The number of anilines is 1. The van der Waals surface area contributed by atoms with Crippen molar-refractivity contribution >= 4 is 33.6 Å². The Balaban J connectivity index is 2.35. The average Bonchev–Trinajstić information content (AvgIpc) is 2.17. The van der Waals surface area contributed by atoms with Gasteiger partial charge in [0.25, 0.3) is 0 Å². The molecule has 1 fully saturated rings. The molecule has 0 atom stereocenters. The molecular weight excluding hydrogens is 260 g/mol. The SMILES string of the molecule is O=C1CCCC(=O)N1c1cc(Br)ccn1. The Labute approximate surface area is 95.4 Å². The van der Waals surface area contributed by atoms with E-state index in [4.69, 9.17) is 0 Å². The summed E-state index contributed by atoms with van der Waals surface area (Å²) in [6.07, 6.45) is 3.04. The molecule has 1 aromatic heterocycles. The molecule has 15 heavy (non-hydrogen) atoms. The fourth-order valence-electron chi connectivity index (χ4n) is 1.52. The first-order valence-electron chi connectivity index (χ1n) is 4.66. The molecule has 2 heterocycles. The van der Waals surface area contributed by atoms with Crippen LogP contribution in [0.3, 0.4) is 0 Å². The van der Waals surface area contributed by atoms with E-state index in [1.165, 1.54) is 0 Å². The second-order valence-electron chi connectivity index (χ2n) is 3.31. The minimum atomic E-state index is -0.170. The van der Waals surface area contributed by atoms with Crippen LogP contribution in [0.25, 0.3) is 0 Å². The number of carbonyl (C=O) groups excluding carboxylic acids is 2. The van der Waals surface area contributed by atoms with Crippen LogP contribution in [0.4, 0.5) is 5.82 Å². The van der Waals surface area contributed by atoms with Crippen molar-refractivity contribution < 1.29 is 9.59 Å². The summed E-state index contributed by atoms with van der Waals surface area (Å²) < 4.78 is 0.804. The number of rotatable bonds is 1. The molecule has 5 heteroatoms. The lowest BCUT2D eigenvalue weighted by atomic mass is 10.1. The predicted octanol–water partition coefficient (Wildman–Crippen LogP) is 1.89. The van der Waals surface area contributed by atoms with Gasteiger partial charge < -0.3 is 0 Å². The standard InChI is InChI=1S/C10H9BrN2O2/c11-7-4-5-12-8(6-7)13-9(14)2-1-3-10(13)15/h4-6H,1-3H2. The first-order chi connectivity index (χ1) is 7.18. The molecule has 2 rings (SSSR count). The molecule has 0 N–H and O–H groups in total. The Kier molecular flexibility index (Phi) is 2.81. The van der Waals surface area contributed by atoms with Crippen molar-refractivity contribution in [2.75, 3.05) is 4.90 Å². The molecule has 78 valence electrons. The molecule has 4 nitrogen and oxygen atoms in total. The highest BCUT2D eigenvalue weighted by Crippen LogP contribution is 2.22. The maximum absolute atomic E-state index is 11.6. The highest BCUT2D eigenvalue weighted by molar-refractivity contribution is 9.10. The third-order valence-corrected chi connectivity index (χ3v) is 2.71. The van der Waals surface area contributed by atoms with Gasteiger partial charge in [0, 0.05) is 23.5 Å². The lowest BCUT2D eigenvalue weighted by molar-refractivity contribution is -0.129. The van der Waals surface area contributed by atoms with Crippen LogP contribution >= 0.6 is 15.9 Å². The third kappa shape index (κ3) is 2.07. The van der Waals surface area contributed by atoms with Crippen molar-refractivity contribution in [1.29, 1.82) is 0 Å². The maximum Gasteiger partial charge on any atom is 0.234 e. The van der Waals surface area contributed by atoms with Crippen LogP contribution in [0.15, 0.2) is 22.8 Å². The molecule has 1 aromatic rings. The van der Waals surface area contributed by atoms with E-state index in [-0.39, 0.29) is 11.8 Å². The van der Waals surface area contributed by atoms with Crippen LogP contribution in [0.5, 0.6) is 0 Å². The smallest absolute Gasteiger partial charge is 0.234 e. The molecule has 0 unspecified atom stereocenters. The largest absolute Gasteiger partial charge is 0.274 e. The van der Waals surface area contributed by atoms with Crippen LogP contribution < -0.4 is 4.90 Å². The number of halogens is 1. The van der Waals surface area contributed by atoms with Gasteiger partial charge in [0.15, 0.2) is 0 Å². The summed E-state index contributed by atoms with van der Waals surface area (Å²) in [6.45, 7) is 0. The number of pyridine rings is 1. The van der Waals surface area contributed by atoms with E-state index in [0.29, 0.717) is 25.1 Å². The number of piperidine rings is 1. The Morgan fingerprint density at radius 2 is 1.93 bits per heavy atom. The molecule has 0 saturated carbocycles. The van der Waals surface area contributed by atoms with Crippen LogP contribution in [0, 0.1) is 0 Å². The fraction of sp³-hybridized carbons (Fsp3) is 0.300. The zero-order valence-electron chi connectivity index (χ0n) is 7.94. The van der Waals surface area contributed by atoms with Crippen molar-refractivity contribution in [2.24, 2.45) is 0 Å². The van der Waals surface area contributed by atoms with Crippen molar-refractivity contribution in [3.8, 4) is 0 Å². The summed E-state index contributed by atoms with van der Waals surface area (Å²) in [7, 11) is 0. The fourth-order valence-corrected chi connectivity index (χ4v) is 1.85. The summed E-state index contributed by atoms with van der Waals surface area (Å²) in [5, 5.41) is 0. The molecule has 2 amide bonds. The highest BCUT2D eigenvalue weighted by atomic mass is 79.9. The monoisotopic (exact) mass is 268 g/mol. The molecule has 1 saturated heterocycles. The minimum Gasteiger partial charge on any atom is -0.274 e. The molecule has 0 aliphatic carbocycles. The summed E-state index contributed by atoms with van der Waals surface area (Å²) in [6, 6.07) is 3.42. The number of aromatic nitrogens is 1. The van der Waals surface area contributed by atoms with Gasteiger partial charge in [0.05, 0.1) is 0 Å². The average molecular weight is 269 g/mol. The molecule has 0 radical (unpaired) electrons. The number of nitrogens with zero attached hydrogens (tertiary/aromatic N) is 2.